The molecule has 0 aromatic heterocycles. The highest BCUT2D eigenvalue weighted by molar-refractivity contribution is 5.98. The van der Waals surface area contributed by atoms with E-state index < -0.39 is 5.97 Å². The Kier molecular flexibility index (Phi) is 7.59. The molecule has 32 heavy (non-hydrogen) atoms. The van der Waals surface area contributed by atoms with Gasteiger partial charge in [-0.05, 0) is 48.0 Å². The van der Waals surface area contributed by atoms with E-state index in [1.54, 1.807) is 60.5 Å². The summed E-state index contributed by atoms with van der Waals surface area (Å²) in [6.45, 7) is 0.526. The van der Waals surface area contributed by atoms with E-state index in [4.69, 9.17) is 0 Å². The monoisotopic (exact) mass is 431 g/mol. The Hall–Kier alpha value is -4.13. The van der Waals surface area contributed by atoms with E-state index >= 15 is 0 Å². The van der Waals surface area contributed by atoms with Gasteiger partial charge in [0.15, 0.2) is 0 Å². The topological polar surface area (TPSA) is 87.7 Å². The number of amides is 2. The number of anilines is 2. The zero-order chi connectivity index (χ0) is 22.9. The average Bonchev–Trinajstić information content (AvgIpc) is 2.83. The van der Waals surface area contributed by atoms with Crippen LogP contribution in [-0.2, 0) is 16.1 Å². The van der Waals surface area contributed by atoms with Gasteiger partial charge in [-0.2, -0.15) is 0 Å². The first-order valence-electron chi connectivity index (χ1n) is 10.1. The van der Waals surface area contributed by atoms with Crippen LogP contribution < -0.4 is 10.6 Å². The van der Waals surface area contributed by atoms with Crippen LogP contribution in [0.1, 0.15) is 26.3 Å². The summed E-state index contributed by atoms with van der Waals surface area (Å²) in [5.41, 5.74) is 3.20. The molecule has 164 valence electrons. The van der Waals surface area contributed by atoms with Gasteiger partial charge >= 0.3 is 5.97 Å². The molecule has 0 unspecified atom stereocenters. The van der Waals surface area contributed by atoms with E-state index in [-0.39, 0.29) is 18.4 Å². The molecule has 7 heteroatoms. The highest BCUT2D eigenvalue weighted by atomic mass is 16.5. The smallest absolute Gasteiger partial charge is 0.337 e. The third kappa shape index (κ3) is 6.18. The second kappa shape index (κ2) is 10.8. The summed E-state index contributed by atoms with van der Waals surface area (Å²) < 4.78 is 4.66. The lowest BCUT2D eigenvalue weighted by Gasteiger charge is -2.18. The van der Waals surface area contributed by atoms with Gasteiger partial charge in [0.2, 0.25) is 5.91 Å². The molecular weight excluding hydrogens is 406 g/mol. The molecule has 0 aliphatic rings. The Bertz CT molecular complexity index is 1080. The molecular formula is C25H25N3O4. The number of carbonyl (C=O) groups excluding carboxylic acids is 3. The maximum absolute atomic E-state index is 12.8. The second-order valence-corrected chi connectivity index (χ2v) is 7.20. The molecule has 0 saturated heterocycles. The van der Waals surface area contributed by atoms with Gasteiger partial charge in [-0.1, -0.05) is 36.4 Å². The minimum atomic E-state index is -0.418. The zero-order valence-electron chi connectivity index (χ0n) is 18.0. The van der Waals surface area contributed by atoms with Crippen LogP contribution in [0.2, 0.25) is 0 Å². The van der Waals surface area contributed by atoms with Gasteiger partial charge in [-0.25, -0.2) is 4.79 Å². The molecule has 3 aromatic carbocycles. The van der Waals surface area contributed by atoms with Crippen molar-refractivity contribution in [2.75, 3.05) is 31.3 Å². The van der Waals surface area contributed by atoms with Crippen LogP contribution in [0.25, 0.3) is 0 Å². The zero-order valence-corrected chi connectivity index (χ0v) is 18.0. The van der Waals surface area contributed by atoms with E-state index in [1.807, 2.05) is 30.3 Å². The van der Waals surface area contributed by atoms with E-state index in [1.165, 1.54) is 7.11 Å². The maximum atomic E-state index is 12.8. The van der Waals surface area contributed by atoms with Crippen LogP contribution >= 0.6 is 0 Å². The highest BCUT2D eigenvalue weighted by Gasteiger charge is 2.13. The Labute approximate surface area is 187 Å². The van der Waals surface area contributed by atoms with Crippen molar-refractivity contribution in [3.05, 3.63) is 95.6 Å². The Morgan fingerprint density at radius 1 is 0.844 bits per heavy atom. The van der Waals surface area contributed by atoms with Gasteiger partial charge in [0.1, 0.15) is 0 Å². The Morgan fingerprint density at radius 2 is 1.56 bits per heavy atom. The van der Waals surface area contributed by atoms with Crippen LogP contribution in [0.5, 0.6) is 0 Å². The summed E-state index contributed by atoms with van der Waals surface area (Å²) in [4.78, 5) is 38.2. The molecule has 3 aromatic rings. The molecule has 0 fully saturated rings. The van der Waals surface area contributed by atoms with Crippen LogP contribution in [0.15, 0.2) is 78.9 Å². The van der Waals surface area contributed by atoms with Crippen molar-refractivity contribution >= 4 is 29.2 Å². The van der Waals surface area contributed by atoms with Gasteiger partial charge < -0.3 is 20.3 Å². The van der Waals surface area contributed by atoms with Gasteiger partial charge in [-0.3, -0.25) is 9.59 Å². The van der Waals surface area contributed by atoms with Crippen molar-refractivity contribution in [2.45, 2.75) is 6.54 Å². The molecule has 0 heterocycles. The fraction of sp³-hybridized carbons (Fsp3) is 0.160. The first kappa shape index (κ1) is 22.6. The van der Waals surface area contributed by atoms with Crippen LogP contribution in [0.3, 0.4) is 0 Å². The summed E-state index contributed by atoms with van der Waals surface area (Å²) in [5, 5.41) is 5.78. The third-order valence-electron chi connectivity index (χ3n) is 4.76. The Morgan fingerprint density at radius 3 is 2.25 bits per heavy atom. The molecule has 2 amide bonds. The Balaban J connectivity index is 1.55. The van der Waals surface area contributed by atoms with Crippen LogP contribution in [0, 0.1) is 0 Å². The fourth-order valence-electron chi connectivity index (χ4n) is 3.11. The number of hydrogen-bond acceptors (Lipinski definition) is 5. The van der Waals surface area contributed by atoms with Crippen molar-refractivity contribution < 1.29 is 19.1 Å². The molecule has 0 saturated carbocycles. The molecule has 0 aliphatic carbocycles. The minimum absolute atomic E-state index is 0.0314. The van der Waals surface area contributed by atoms with E-state index in [2.05, 4.69) is 15.4 Å². The van der Waals surface area contributed by atoms with Crippen molar-refractivity contribution in [1.29, 1.82) is 0 Å². The lowest BCUT2D eigenvalue weighted by molar-refractivity contribution is -0.114. The predicted octanol–water partition coefficient (Wildman–Crippen LogP) is 3.80. The summed E-state index contributed by atoms with van der Waals surface area (Å²) in [6.07, 6.45) is 0. The van der Waals surface area contributed by atoms with Gasteiger partial charge in [0.25, 0.3) is 5.91 Å². The molecule has 0 spiro atoms. The van der Waals surface area contributed by atoms with Gasteiger partial charge in [0, 0.05) is 30.5 Å². The summed E-state index contributed by atoms with van der Waals surface area (Å²) in [7, 11) is 3.07. The molecule has 2 N–H and O–H groups in total. The number of esters is 1. The lowest BCUT2D eigenvalue weighted by atomic mass is 10.1. The first-order chi connectivity index (χ1) is 15.5. The largest absolute Gasteiger partial charge is 0.465 e. The van der Waals surface area contributed by atoms with E-state index in [0.29, 0.717) is 29.0 Å². The molecule has 0 radical (unpaired) electrons. The SMILES string of the molecule is COC(=O)c1ccc(NCC(=O)Nc2cccc(C(=O)N(C)Cc3ccccc3)c2)cc1. The number of benzene rings is 3. The summed E-state index contributed by atoms with van der Waals surface area (Å²) >= 11 is 0. The summed E-state index contributed by atoms with van der Waals surface area (Å²) in [6, 6.07) is 23.2. The maximum Gasteiger partial charge on any atom is 0.337 e. The first-order valence-corrected chi connectivity index (χ1v) is 10.1. The third-order valence-corrected chi connectivity index (χ3v) is 4.76. The second-order valence-electron chi connectivity index (χ2n) is 7.20. The number of ether oxygens (including phenoxy) is 1. The number of methoxy groups -OCH3 is 1. The van der Waals surface area contributed by atoms with Crippen LogP contribution in [-0.4, -0.2) is 43.4 Å². The number of hydrogen-bond donors (Lipinski definition) is 2. The van der Waals surface area contributed by atoms with Crippen LogP contribution in [0.4, 0.5) is 11.4 Å². The molecule has 0 bridgehead atoms. The number of nitrogens with zero attached hydrogens (tertiary/aromatic N) is 1. The van der Waals surface area contributed by atoms with Gasteiger partial charge in [-0.15, -0.1) is 0 Å². The lowest BCUT2D eigenvalue weighted by Crippen LogP contribution is -2.26. The number of rotatable bonds is 8. The highest BCUT2D eigenvalue weighted by Crippen LogP contribution is 2.15. The van der Waals surface area contributed by atoms with Crippen molar-refractivity contribution in [1.82, 2.24) is 4.90 Å². The molecule has 7 nitrogen and oxygen atoms in total. The average molecular weight is 431 g/mol. The molecule has 0 atom stereocenters. The summed E-state index contributed by atoms with van der Waals surface area (Å²) in [5.74, 6) is -0.809. The van der Waals surface area contributed by atoms with E-state index in [0.717, 1.165) is 5.56 Å². The van der Waals surface area contributed by atoms with Gasteiger partial charge in [0.05, 0.1) is 19.2 Å². The van der Waals surface area contributed by atoms with Crippen molar-refractivity contribution in [3.8, 4) is 0 Å². The molecule has 3 rings (SSSR count). The standard InChI is InChI=1S/C25H25N3O4/c1-28(17-18-7-4-3-5-8-18)24(30)20-9-6-10-22(15-20)27-23(29)16-26-21-13-11-19(12-14-21)25(31)32-2/h3-15,26H,16-17H2,1-2H3,(H,27,29). The quantitative estimate of drug-likeness (QED) is 0.530. The molecule has 0 aliphatic heterocycles. The normalized spacial score (nSPS) is 10.2. The fourth-order valence-corrected chi connectivity index (χ4v) is 3.11. The number of nitrogens with one attached hydrogen (secondary N) is 2. The predicted molar refractivity (Wildman–Crippen MR) is 124 cm³/mol. The van der Waals surface area contributed by atoms with Crippen molar-refractivity contribution in [3.63, 3.8) is 0 Å². The van der Waals surface area contributed by atoms with Crippen molar-refractivity contribution in [2.24, 2.45) is 0 Å². The van der Waals surface area contributed by atoms with E-state index in [9.17, 15) is 14.4 Å². The minimum Gasteiger partial charge on any atom is -0.465 e. The number of carbonyl (C=O) groups is 3.